The minimum Gasteiger partial charge on any atom is -0.468 e. The maximum absolute atomic E-state index is 13.4. The van der Waals surface area contributed by atoms with Gasteiger partial charge in [-0.25, -0.2) is 4.39 Å². The van der Waals surface area contributed by atoms with Crippen molar-refractivity contribution in [2.24, 2.45) is 0 Å². The summed E-state index contributed by atoms with van der Waals surface area (Å²) in [4.78, 5) is 14.4. The Balaban J connectivity index is 1.69. The lowest BCUT2D eigenvalue weighted by Crippen LogP contribution is -2.34. The highest BCUT2D eigenvalue weighted by Crippen LogP contribution is 2.21. The van der Waals surface area contributed by atoms with Crippen LogP contribution < -0.4 is 5.32 Å². The fourth-order valence-corrected chi connectivity index (χ4v) is 2.69. The number of carbonyl (C=O) groups is 1. The van der Waals surface area contributed by atoms with Crippen molar-refractivity contribution in [1.29, 1.82) is 0 Å². The highest BCUT2D eigenvalue weighted by molar-refractivity contribution is 5.93. The van der Waals surface area contributed by atoms with Gasteiger partial charge in [-0.3, -0.25) is 14.8 Å². The molecule has 3 rings (SSSR count). The van der Waals surface area contributed by atoms with Gasteiger partial charge in [0.2, 0.25) is 0 Å². The van der Waals surface area contributed by atoms with Crippen LogP contribution in [0.4, 0.5) is 4.39 Å². The van der Waals surface area contributed by atoms with Gasteiger partial charge < -0.3 is 9.73 Å². The summed E-state index contributed by atoms with van der Waals surface area (Å²) in [5.41, 5.74) is 2.22. The lowest BCUT2D eigenvalue weighted by Gasteiger charge is -2.22. The van der Waals surface area contributed by atoms with Crippen molar-refractivity contribution in [1.82, 2.24) is 20.4 Å². The molecular weight excluding hydrogens is 335 g/mol. The number of aromatic amines is 1. The number of carbonyl (C=O) groups excluding carboxylic acids is 1. The summed E-state index contributed by atoms with van der Waals surface area (Å²) in [7, 11) is 3.84. The van der Waals surface area contributed by atoms with Crippen LogP contribution in [-0.2, 0) is 0 Å². The summed E-state index contributed by atoms with van der Waals surface area (Å²) in [6.07, 6.45) is 1.61. The van der Waals surface area contributed by atoms with E-state index in [0.29, 0.717) is 23.5 Å². The van der Waals surface area contributed by atoms with Crippen LogP contribution in [0.3, 0.4) is 0 Å². The van der Waals surface area contributed by atoms with E-state index in [0.717, 1.165) is 11.3 Å². The maximum atomic E-state index is 13.4. The summed E-state index contributed by atoms with van der Waals surface area (Å²) in [5.74, 6) is 0.248. The molecule has 0 spiro atoms. The number of aromatic nitrogens is 2. The largest absolute Gasteiger partial charge is 0.468 e. The van der Waals surface area contributed by atoms with E-state index >= 15 is 0 Å². The van der Waals surface area contributed by atoms with Gasteiger partial charge in [0.15, 0.2) is 0 Å². The van der Waals surface area contributed by atoms with E-state index in [1.807, 2.05) is 31.1 Å². The van der Waals surface area contributed by atoms with Crippen LogP contribution >= 0.6 is 0 Å². The zero-order valence-electron chi connectivity index (χ0n) is 14.9. The summed E-state index contributed by atoms with van der Waals surface area (Å²) in [6, 6.07) is 10.0. The van der Waals surface area contributed by atoms with Crippen molar-refractivity contribution in [3.05, 3.63) is 65.5 Å². The van der Waals surface area contributed by atoms with Crippen molar-refractivity contribution in [3.8, 4) is 11.3 Å². The van der Waals surface area contributed by atoms with E-state index in [4.69, 9.17) is 4.42 Å². The van der Waals surface area contributed by atoms with E-state index in [1.165, 1.54) is 6.07 Å². The first-order valence-corrected chi connectivity index (χ1v) is 8.25. The molecule has 3 aromatic rings. The first-order valence-electron chi connectivity index (χ1n) is 8.25. The number of rotatable bonds is 6. The molecule has 7 heteroatoms. The molecule has 0 fully saturated rings. The fourth-order valence-electron chi connectivity index (χ4n) is 2.69. The molecule has 2 aromatic heterocycles. The number of amides is 1. The Morgan fingerprint density at radius 1 is 1.35 bits per heavy atom. The molecule has 1 atom stereocenters. The SMILES string of the molecule is Cc1cc(-c2cc(C(=O)NCC(c3ccco3)N(C)C)[nH]n2)ccc1F. The number of benzene rings is 1. The predicted molar refractivity (Wildman–Crippen MR) is 96.2 cm³/mol. The van der Waals surface area contributed by atoms with Gasteiger partial charge in [-0.2, -0.15) is 5.10 Å². The quantitative estimate of drug-likeness (QED) is 0.712. The number of nitrogens with one attached hydrogen (secondary N) is 2. The highest BCUT2D eigenvalue weighted by atomic mass is 19.1. The van der Waals surface area contributed by atoms with Gasteiger partial charge in [0.1, 0.15) is 17.3 Å². The Kier molecular flexibility index (Phi) is 5.18. The zero-order valence-corrected chi connectivity index (χ0v) is 14.9. The van der Waals surface area contributed by atoms with Crippen LogP contribution in [-0.4, -0.2) is 41.6 Å². The number of furan rings is 1. The molecule has 0 radical (unpaired) electrons. The molecule has 1 amide bonds. The number of halogens is 1. The molecule has 26 heavy (non-hydrogen) atoms. The third-order valence-electron chi connectivity index (χ3n) is 4.23. The van der Waals surface area contributed by atoms with E-state index in [9.17, 15) is 9.18 Å². The molecule has 1 aromatic carbocycles. The van der Waals surface area contributed by atoms with E-state index in [-0.39, 0.29) is 17.8 Å². The Morgan fingerprint density at radius 3 is 2.81 bits per heavy atom. The van der Waals surface area contributed by atoms with Crippen LogP contribution in [0.2, 0.25) is 0 Å². The van der Waals surface area contributed by atoms with Gasteiger partial charge in [0, 0.05) is 12.1 Å². The smallest absolute Gasteiger partial charge is 0.269 e. The van der Waals surface area contributed by atoms with Crippen LogP contribution in [0.25, 0.3) is 11.3 Å². The van der Waals surface area contributed by atoms with Crippen LogP contribution in [0.5, 0.6) is 0 Å². The molecule has 6 nitrogen and oxygen atoms in total. The first kappa shape index (κ1) is 17.9. The van der Waals surface area contributed by atoms with Crippen molar-refractivity contribution < 1.29 is 13.6 Å². The molecule has 0 saturated heterocycles. The fraction of sp³-hybridized carbons (Fsp3) is 0.263. The van der Waals surface area contributed by atoms with Crippen molar-refractivity contribution in [2.75, 3.05) is 20.6 Å². The maximum Gasteiger partial charge on any atom is 0.269 e. The molecule has 0 saturated carbocycles. The molecular formula is C19H21FN4O2. The second-order valence-electron chi connectivity index (χ2n) is 6.34. The average Bonchev–Trinajstić information content (AvgIpc) is 3.29. The van der Waals surface area contributed by atoms with Gasteiger partial charge >= 0.3 is 0 Å². The summed E-state index contributed by atoms with van der Waals surface area (Å²) in [5, 5.41) is 9.77. The minimum atomic E-state index is -0.269. The monoisotopic (exact) mass is 356 g/mol. The van der Waals surface area contributed by atoms with Crippen molar-refractivity contribution >= 4 is 5.91 Å². The van der Waals surface area contributed by atoms with E-state index in [2.05, 4.69) is 15.5 Å². The van der Waals surface area contributed by atoms with Crippen molar-refractivity contribution in [3.63, 3.8) is 0 Å². The molecule has 0 aliphatic heterocycles. The topological polar surface area (TPSA) is 74.2 Å². The van der Waals surface area contributed by atoms with Gasteiger partial charge in [-0.05, 0) is 63.0 Å². The van der Waals surface area contributed by atoms with Gasteiger partial charge in [-0.15, -0.1) is 0 Å². The number of hydrogen-bond acceptors (Lipinski definition) is 4. The third-order valence-corrected chi connectivity index (χ3v) is 4.23. The van der Waals surface area contributed by atoms with Crippen molar-refractivity contribution in [2.45, 2.75) is 13.0 Å². The van der Waals surface area contributed by atoms with Gasteiger partial charge in [0.05, 0.1) is 18.0 Å². The zero-order chi connectivity index (χ0) is 18.7. The summed E-state index contributed by atoms with van der Waals surface area (Å²) >= 11 is 0. The molecule has 136 valence electrons. The lowest BCUT2D eigenvalue weighted by molar-refractivity contribution is 0.0934. The normalized spacial score (nSPS) is 12.3. The predicted octanol–water partition coefficient (Wildman–Crippen LogP) is 3.15. The van der Waals surface area contributed by atoms with E-state index in [1.54, 1.807) is 31.4 Å². The van der Waals surface area contributed by atoms with Gasteiger partial charge in [0.25, 0.3) is 5.91 Å². The van der Waals surface area contributed by atoms with Crippen LogP contribution in [0.15, 0.2) is 47.1 Å². The molecule has 2 N–H and O–H groups in total. The second-order valence-corrected chi connectivity index (χ2v) is 6.34. The second kappa shape index (κ2) is 7.53. The first-order chi connectivity index (χ1) is 12.5. The van der Waals surface area contributed by atoms with E-state index < -0.39 is 0 Å². The number of aryl methyl sites for hydroxylation is 1. The highest BCUT2D eigenvalue weighted by Gasteiger charge is 2.19. The minimum absolute atomic E-state index is 0.0731. The molecule has 0 bridgehead atoms. The Hall–Kier alpha value is -2.93. The molecule has 0 aliphatic rings. The number of nitrogens with zero attached hydrogens (tertiary/aromatic N) is 2. The Labute approximate surface area is 151 Å². The van der Waals surface area contributed by atoms with Crippen LogP contribution in [0.1, 0.15) is 27.9 Å². The van der Waals surface area contributed by atoms with Gasteiger partial charge in [-0.1, -0.05) is 0 Å². The number of hydrogen-bond donors (Lipinski definition) is 2. The summed E-state index contributed by atoms with van der Waals surface area (Å²) in [6.45, 7) is 2.08. The Morgan fingerprint density at radius 2 is 2.15 bits per heavy atom. The number of likely N-dealkylation sites (N-methyl/N-ethyl adjacent to an activating group) is 1. The number of H-pyrrole nitrogens is 1. The lowest BCUT2D eigenvalue weighted by atomic mass is 10.1. The molecule has 2 heterocycles. The average molecular weight is 356 g/mol. The molecule has 1 unspecified atom stereocenters. The Bertz CT molecular complexity index is 887. The third kappa shape index (κ3) is 3.83. The summed E-state index contributed by atoms with van der Waals surface area (Å²) < 4.78 is 18.8. The van der Waals surface area contributed by atoms with Crippen LogP contribution in [0, 0.1) is 12.7 Å². The molecule has 0 aliphatic carbocycles. The standard InChI is InChI=1S/C19H21FN4O2/c1-12-9-13(6-7-14(12)20)15-10-16(23-22-15)19(25)21-11-17(24(2)3)18-5-4-8-26-18/h4-10,17H,11H2,1-3H3,(H,21,25)(H,22,23).